The molecule has 128 valence electrons. The highest BCUT2D eigenvalue weighted by molar-refractivity contribution is 5.90. The molecule has 0 radical (unpaired) electrons. The Balaban J connectivity index is 1.89. The molecule has 0 N–H and O–H groups in total. The molecular formula is C21H20O4. The number of ether oxygens (including phenoxy) is 2. The van der Waals surface area contributed by atoms with E-state index in [0.717, 1.165) is 5.56 Å². The van der Waals surface area contributed by atoms with Crippen LogP contribution in [0.5, 0.6) is 0 Å². The van der Waals surface area contributed by atoms with Crippen LogP contribution in [0.1, 0.15) is 29.3 Å². The third kappa shape index (κ3) is 6.47. The summed E-state index contributed by atoms with van der Waals surface area (Å²) >= 11 is 0. The molecule has 0 spiro atoms. The molecule has 4 heteroatoms. The molecule has 4 nitrogen and oxygen atoms in total. The Hall–Kier alpha value is -3.14. The summed E-state index contributed by atoms with van der Waals surface area (Å²) in [4.78, 5) is 23.9. The number of esters is 2. The summed E-state index contributed by atoms with van der Waals surface area (Å²) in [6.45, 7) is 1.82. The Bertz CT molecular complexity index is 746. The van der Waals surface area contributed by atoms with Gasteiger partial charge in [0.15, 0.2) is 0 Å². The number of carbonyl (C=O) groups excluding carboxylic acids is 2. The minimum absolute atomic E-state index is 0.0929. The van der Waals surface area contributed by atoms with Gasteiger partial charge in [-0.1, -0.05) is 55.5 Å². The van der Waals surface area contributed by atoms with Crippen LogP contribution in [0, 0.1) is 0 Å². The van der Waals surface area contributed by atoms with Gasteiger partial charge in [-0.05, 0) is 36.3 Å². The van der Waals surface area contributed by atoms with Crippen molar-refractivity contribution in [2.24, 2.45) is 0 Å². The summed E-state index contributed by atoms with van der Waals surface area (Å²) in [5.74, 6) is -0.657. The summed E-state index contributed by atoms with van der Waals surface area (Å²) in [5.41, 5.74) is 1.35. The molecule has 0 saturated carbocycles. The maximum Gasteiger partial charge on any atom is 0.343 e. The van der Waals surface area contributed by atoms with Crippen LogP contribution in [0.15, 0.2) is 78.6 Å². The molecule has 0 aliphatic carbocycles. The van der Waals surface area contributed by atoms with Crippen LogP contribution in [0.3, 0.4) is 0 Å². The van der Waals surface area contributed by atoms with Crippen molar-refractivity contribution >= 4 is 18.0 Å². The molecule has 0 bridgehead atoms. The minimum Gasteiger partial charge on any atom is -0.454 e. The molecule has 0 aromatic heterocycles. The number of benzene rings is 2. The normalized spacial score (nSPS) is 11.3. The Labute approximate surface area is 147 Å². The molecule has 2 aromatic carbocycles. The summed E-state index contributed by atoms with van der Waals surface area (Å²) in [5, 5.41) is 0. The van der Waals surface area contributed by atoms with Crippen molar-refractivity contribution in [2.75, 3.05) is 6.61 Å². The standard InChI is InChI=1S/C21H20O4/c1-2-9-19(25-21(23)18-12-7-4-8-13-18)16-24-20(22)15-14-17-10-5-3-6-11-17/h3-15H,2,16H2,1H3. The second kappa shape index (κ2) is 9.88. The van der Waals surface area contributed by atoms with E-state index in [0.29, 0.717) is 17.7 Å². The summed E-state index contributed by atoms with van der Waals surface area (Å²) in [6.07, 6.45) is 5.39. The lowest BCUT2D eigenvalue weighted by Gasteiger charge is -2.09. The van der Waals surface area contributed by atoms with Crippen LogP contribution in [0.2, 0.25) is 0 Å². The average molecular weight is 336 g/mol. The van der Waals surface area contributed by atoms with Crippen molar-refractivity contribution in [2.45, 2.75) is 13.3 Å². The predicted octanol–water partition coefficient (Wildman–Crippen LogP) is 4.39. The highest BCUT2D eigenvalue weighted by atomic mass is 16.6. The molecule has 25 heavy (non-hydrogen) atoms. The van der Waals surface area contributed by atoms with Gasteiger partial charge in [0, 0.05) is 6.08 Å². The maximum atomic E-state index is 12.1. The van der Waals surface area contributed by atoms with E-state index in [1.807, 2.05) is 43.3 Å². The van der Waals surface area contributed by atoms with Crippen LogP contribution < -0.4 is 0 Å². The van der Waals surface area contributed by atoms with Crippen LogP contribution in [-0.4, -0.2) is 18.5 Å². The van der Waals surface area contributed by atoms with Gasteiger partial charge in [-0.3, -0.25) is 0 Å². The first-order chi connectivity index (χ1) is 12.2. The largest absolute Gasteiger partial charge is 0.454 e. The van der Waals surface area contributed by atoms with Gasteiger partial charge in [0.05, 0.1) is 5.56 Å². The van der Waals surface area contributed by atoms with Gasteiger partial charge in [0.1, 0.15) is 12.4 Å². The van der Waals surface area contributed by atoms with Gasteiger partial charge in [-0.25, -0.2) is 9.59 Å². The lowest BCUT2D eigenvalue weighted by atomic mass is 10.2. The number of hydrogen-bond acceptors (Lipinski definition) is 4. The summed E-state index contributed by atoms with van der Waals surface area (Å²) in [6, 6.07) is 18.1. The minimum atomic E-state index is -0.499. The van der Waals surface area contributed by atoms with Gasteiger partial charge in [0.25, 0.3) is 0 Å². The quantitative estimate of drug-likeness (QED) is 0.427. The number of allylic oxidation sites excluding steroid dienone is 1. The lowest BCUT2D eigenvalue weighted by Crippen LogP contribution is -2.11. The van der Waals surface area contributed by atoms with E-state index in [4.69, 9.17) is 9.47 Å². The van der Waals surface area contributed by atoms with Crippen LogP contribution in [-0.2, 0) is 14.3 Å². The van der Waals surface area contributed by atoms with Crippen molar-refractivity contribution in [1.82, 2.24) is 0 Å². The molecule has 0 atom stereocenters. The van der Waals surface area contributed by atoms with Crippen LogP contribution in [0.4, 0.5) is 0 Å². The smallest absolute Gasteiger partial charge is 0.343 e. The summed E-state index contributed by atoms with van der Waals surface area (Å²) < 4.78 is 10.5. The van der Waals surface area contributed by atoms with E-state index >= 15 is 0 Å². The molecule has 0 fully saturated rings. The number of rotatable bonds is 7. The van der Waals surface area contributed by atoms with Gasteiger partial charge < -0.3 is 9.47 Å². The van der Waals surface area contributed by atoms with Gasteiger partial charge in [-0.15, -0.1) is 0 Å². The molecule has 2 aromatic rings. The zero-order valence-electron chi connectivity index (χ0n) is 14.1. The van der Waals surface area contributed by atoms with Crippen LogP contribution in [0.25, 0.3) is 6.08 Å². The fourth-order valence-electron chi connectivity index (χ4n) is 2.03. The van der Waals surface area contributed by atoms with Crippen molar-refractivity contribution in [1.29, 1.82) is 0 Å². The first-order valence-electron chi connectivity index (χ1n) is 8.05. The molecule has 0 unspecified atom stereocenters. The van der Waals surface area contributed by atoms with Crippen molar-refractivity contribution in [3.8, 4) is 0 Å². The lowest BCUT2D eigenvalue weighted by molar-refractivity contribution is -0.137. The fraction of sp³-hybridized carbons (Fsp3) is 0.143. The van der Waals surface area contributed by atoms with Crippen LogP contribution >= 0.6 is 0 Å². The van der Waals surface area contributed by atoms with Gasteiger partial charge in [0.2, 0.25) is 0 Å². The first-order valence-corrected chi connectivity index (χ1v) is 8.05. The highest BCUT2D eigenvalue weighted by Crippen LogP contribution is 2.08. The molecule has 0 aliphatic rings. The van der Waals surface area contributed by atoms with Crippen molar-refractivity contribution < 1.29 is 19.1 Å². The summed E-state index contributed by atoms with van der Waals surface area (Å²) in [7, 11) is 0. The van der Waals surface area contributed by atoms with Gasteiger partial charge in [-0.2, -0.15) is 0 Å². The van der Waals surface area contributed by atoms with E-state index in [1.54, 1.807) is 36.4 Å². The second-order valence-electron chi connectivity index (χ2n) is 5.19. The van der Waals surface area contributed by atoms with Crippen molar-refractivity contribution in [3.05, 3.63) is 89.7 Å². The maximum absolute atomic E-state index is 12.1. The zero-order chi connectivity index (χ0) is 17.9. The Morgan fingerprint density at radius 1 is 0.960 bits per heavy atom. The second-order valence-corrected chi connectivity index (χ2v) is 5.19. The van der Waals surface area contributed by atoms with Gasteiger partial charge >= 0.3 is 11.9 Å². The SMILES string of the molecule is CCC=C(COC(=O)C=Cc1ccccc1)OC(=O)c1ccccc1. The molecule has 0 aliphatic heterocycles. The predicted molar refractivity (Wildman–Crippen MR) is 96.7 cm³/mol. The fourth-order valence-corrected chi connectivity index (χ4v) is 2.03. The molecule has 0 amide bonds. The Morgan fingerprint density at radius 2 is 1.60 bits per heavy atom. The van der Waals surface area contributed by atoms with E-state index in [1.165, 1.54) is 6.08 Å². The number of hydrogen-bond donors (Lipinski definition) is 0. The molecule has 2 rings (SSSR count). The van der Waals surface area contributed by atoms with E-state index in [2.05, 4.69) is 0 Å². The van der Waals surface area contributed by atoms with E-state index < -0.39 is 11.9 Å². The van der Waals surface area contributed by atoms with E-state index in [-0.39, 0.29) is 6.61 Å². The van der Waals surface area contributed by atoms with Crippen molar-refractivity contribution in [3.63, 3.8) is 0 Å². The highest BCUT2D eigenvalue weighted by Gasteiger charge is 2.11. The number of carbonyl (C=O) groups is 2. The Morgan fingerprint density at radius 3 is 2.24 bits per heavy atom. The van der Waals surface area contributed by atoms with E-state index in [9.17, 15) is 9.59 Å². The zero-order valence-corrected chi connectivity index (χ0v) is 14.1. The first kappa shape index (κ1) is 18.2. The monoisotopic (exact) mass is 336 g/mol. The molecule has 0 heterocycles. The molecular weight excluding hydrogens is 316 g/mol. The molecule has 0 saturated heterocycles. The average Bonchev–Trinajstić information content (AvgIpc) is 2.66. The third-order valence-corrected chi connectivity index (χ3v) is 3.23. The topological polar surface area (TPSA) is 52.6 Å². The Kier molecular flexibility index (Phi) is 7.19. The third-order valence-electron chi connectivity index (χ3n) is 3.23.